The van der Waals surface area contributed by atoms with Gasteiger partial charge in [0, 0.05) is 36.9 Å². The topological polar surface area (TPSA) is 103 Å². The molecule has 2 aliphatic heterocycles. The molecular weight excluding hydrogens is 450 g/mol. The van der Waals surface area contributed by atoms with Crippen molar-refractivity contribution in [3.8, 4) is 0 Å². The zero-order chi connectivity index (χ0) is 23.1. The van der Waals surface area contributed by atoms with Gasteiger partial charge in [0.25, 0.3) is 0 Å². The fraction of sp³-hybridized carbons (Fsp3) is 0.636. The Balaban J connectivity index is 1.42. The molecule has 2 N–H and O–H groups in total. The van der Waals surface area contributed by atoms with E-state index in [1.54, 1.807) is 4.68 Å². The van der Waals surface area contributed by atoms with E-state index in [0.29, 0.717) is 19.1 Å². The lowest BCUT2D eigenvalue weighted by Gasteiger charge is -2.48. The zero-order valence-electron chi connectivity index (χ0n) is 18.9. The molecule has 1 aromatic carbocycles. The van der Waals surface area contributed by atoms with Crippen molar-refractivity contribution in [2.45, 2.75) is 64.8 Å². The van der Waals surface area contributed by atoms with Crippen LogP contribution in [0.5, 0.6) is 0 Å². The first-order chi connectivity index (χ1) is 14.9. The fourth-order valence-corrected chi connectivity index (χ4v) is 6.57. The second kappa shape index (κ2) is 8.68. The Morgan fingerprint density at radius 3 is 2.88 bits per heavy atom. The maximum absolute atomic E-state index is 11.5. The summed E-state index contributed by atoms with van der Waals surface area (Å²) in [6, 6.07) is 6.48. The van der Waals surface area contributed by atoms with Crippen molar-refractivity contribution in [2.24, 2.45) is 10.6 Å². The highest BCUT2D eigenvalue weighted by molar-refractivity contribution is 7.89. The summed E-state index contributed by atoms with van der Waals surface area (Å²) in [5, 5.41) is 14.5. The van der Waals surface area contributed by atoms with Crippen LogP contribution >= 0.6 is 11.6 Å². The molecule has 1 fully saturated rings. The highest BCUT2D eigenvalue weighted by Gasteiger charge is 2.43. The number of likely N-dealkylation sites (tertiary alicyclic amines) is 1. The smallest absolute Gasteiger partial charge is 0.209 e. The molecule has 2 atom stereocenters. The molecule has 0 bridgehead atoms. The molecule has 2 aliphatic rings. The molecule has 1 aromatic heterocycles. The molecule has 0 saturated carbocycles. The van der Waals surface area contributed by atoms with Crippen LogP contribution in [0.2, 0.25) is 5.02 Å². The molecule has 176 valence electrons. The van der Waals surface area contributed by atoms with Gasteiger partial charge in [-0.05, 0) is 54.9 Å². The molecule has 2 aromatic rings. The Labute approximate surface area is 195 Å². The minimum atomic E-state index is -3.55. The minimum Gasteiger partial charge on any atom is -0.370 e. The van der Waals surface area contributed by atoms with Crippen molar-refractivity contribution < 1.29 is 13.2 Å². The van der Waals surface area contributed by atoms with Crippen LogP contribution < -0.4 is 5.14 Å². The molecule has 8 nitrogen and oxygen atoms in total. The number of hydrogen-bond donors (Lipinski definition) is 1. The SMILES string of the molecule is C[C@H]1C[C@@]2(CCN1Cc1cn(CC(C)(C)CS(N)(=O)=O)nn1)OCCc1ccc(Cl)cc12. The normalized spacial score (nSPS) is 24.6. The van der Waals surface area contributed by atoms with Gasteiger partial charge in [-0.25, -0.2) is 13.6 Å². The van der Waals surface area contributed by atoms with Crippen molar-refractivity contribution in [3.05, 3.63) is 46.2 Å². The third kappa shape index (κ3) is 5.34. The molecule has 1 spiro atoms. The van der Waals surface area contributed by atoms with Gasteiger partial charge in [0.1, 0.15) is 0 Å². The van der Waals surface area contributed by atoms with Crippen LogP contribution in [0.15, 0.2) is 24.4 Å². The van der Waals surface area contributed by atoms with E-state index >= 15 is 0 Å². The lowest BCUT2D eigenvalue weighted by Crippen LogP contribution is -2.50. The van der Waals surface area contributed by atoms with Crippen LogP contribution in [0.1, 0.15) is 50.4 Å². The number of fused-ring (bicyclic) bond motifs is 2. The Bertz CT molecular complexity index is 1090. The van der Waals surface area contributed by atoms with Gasteiger partial charge in [0.05, 0.1) is 23.7 Å². The summed E-state index contributed by atoms with van der Waals surface area (Å²) in [6.45, 7) is 8.69. The third-order valence-electron chi connectivity index (χ3n) is 6.50. The van der Waals surface area contributed by atoms with Crippen molar-refractivity contribution in [2.75, 3.05) is 18.9 Å². The van der Waals surface area contributed by atoms with Gasteiger partial charge >= 0.3 is 0 Å². The van der Waals surface area contributed by atoms with Crippen LogP contribution in [0, 0.1) is 5.41 Å². The van der Waals surface area contributed by atoms with Gasteiger partial charge < -0.3 is 4.74 Å². The minimum absolute atomic E-state index is 0.105. The molecule has 1 saturated heterocycles. The van der Waals surface area contributed by atoms with Crippen LogP contribution in [-0.4, -0.2) is 53.3 Å². The highest BCUT2D eigenvalue weighted by Crippen LogP contribution is 2.44. The Kier molecular flexibility index (Phi) is 6.41. The summed E-state index contributed by atoms with van der Waals surface area (Å²) in [5.74, 6) is -0.105. The summed E-state index contributed by atoms with van der Waals surface area (Å²) >= 11 is 6.31. The summed E-state index contributed by atoms with van der Waals surface area (Å²) in [4.78, 5) is 2.40. The van der Waals surface area contributed by atoms with Crippen molar-refractivity contribution >= 4 is 21.6 Å². The van der Waals surface area contributed by atoms with Crippen LogP contribution in [0.4, 0.5) is 0 Å². The van der Waals surface area contributed by atoms with E-state index in [1.165, 1.54) is 11.1 Å². The van der Waals surface area contributed by atoms with E-state index < -0.39 is 15.4 Å². The third-order valence-corrected chi connectivity index (χ3v) is 7.92. The highest BCUT2D eigenvalue weighted by atomic mass is 35.5. The Hall–Kier alpha value is -1.52. The first kappa shape index (κ1) is 23.6. The average molecular weight is 482 g/mol. The maximum atomic E-state index is 11.5. The van der Waals surface area contributed by atoms with E-state index in [-0.39, 0.29) is 11.4 Å². The first-order valence-electron chi connectivity index (χ1n) is 11.0. The Morgan fingerprint density at radius 1 is 1.38 bits per heavy atom. The van der Waals surface area contributed by atoms with Crippen LogP contribution in [0.3, 0.4) is 0 Å². The lowest BCUT2D eigenvalue weighted by atomic mass is 9.77. The number of primary sulfonamides is 1. The van der Waals surface area contributed by atoms with Gasteiger partial charge in [-0.1, -0.05) is 36.7 Å². The molecule has 0 amide bonds. The van der Waals surface area contributed by atoms with Crippen molar-refractivity contribution in [1.29, 1.82) is 0 Å². The van der Waals surface area contributed by atoms with Crippen molar-refractivity contribution in [1.82, 2.24) is 19.9 Å². The number of aromatic nitrogens is 3. The van der Waals surface area contributed by atoms with Crippen LogP contribution in [0.25, 0.3) is 0 Å². The fourth-order valence-electron chi connectivity index (χ4n) is 5.21. The molecule has 3 heterocycles. The van der Waals surface area contributed by atoms with Gasteiger partial charge in [-0.3, -0.25) is 9.58 Å². The number of ether oxygens (including phenoxy) is 1. The molecule has 0 radical (unpaired) electrons. The van der Waals surface area contributed by atoms with E-state index in [4.69, 9.17) is 21.5 Å². The number of halogens is 1. The second-order valence-electron chi connectivity index (χ2n) is 10.0. The van der Waals surface area contributed by atoms with Gasteiger partial charge in [0.15, 0.2) is 0 Å². The number of piperidine rings is 1. The number of nitrogens with zero attached hydrogens (tertiary/aromatic N) is 4. The predicted octanol–water partition coefficient (Wildman–Crippen LogP) is 2.70. The van der Waals surface area contributed by atoms with E-state index in [9.17, 15) is 8.42 Å². The lowest BCUT2D eigenvalue weighted by molar-refractivity contribution is -0.113. The van der Waals surface area contributed by atoms with Crippen LogP contribution in [-0.2, 0) is 39.9 Å². The average Bonchev–Trinajstić information content (AvgIpc) is 3.09. The molecular formula is C22H32ClN5O3S. The molecule has 0 aliphatic carbocycles. The zero-order valence-corrected chi connectivity index (χ0v) is 20.5. The molecule has 0 unspecified atom stereocenters. The van der Waals surface area contributed by atoms with E-state index in [1.807, 2.05) is 26.1 Å². The number of hydrogen-bond acceptors (Lipinski definition) is 6. The van der Waals surface area contributed by atoms with Crippen molar-refractivity contribution in [3.63, 3.8) is 0 Å². The number of benzene rings is 1. The molecule has 10 heteroatoms. The molecule has 4 rings (SSSR count). The number of sulfonamides is 1. The summed E-state index contributed by atoms with van der Waals surface area (Å²) in [5.41, 5.74) is 2.64. The maximum Gasteiger partial charge on any atom is 0.209 e. The largest absolute Gasteiger partial charge is 0.370 e. The Morgan fingerprint density at radius 2 is 2.16 bits per heavy atom. The van der Waals surface area contributed by atoms with E-state index in [0.717, 1.165) is 43.1 Å². The summed E-state index contributed by atoms with van der Waals surface area (Å²) in [6.07, 6.45) is 4.63. The summed E-state index contributed by atoms with van der Waals surface area (Å²) < 4.78 is 31.0. The first-order valence-corrected chi connectivity index (χ1v) is 13.1. The van der Waals surface area contributed by atoms with Gasteiger partial charge in [-0.15, -0.1) is 5.10 Å². The standard InChI is InChI=1S/C22H32ClN5O3S/c1-16-11-22(20-10-18(23)5-4-17(20)6-9-31-22)7-8-27(16)12-19-13-28(26-25-19)14-21(2,3)15-32(24,29)30/h4-5,10,13,16H,6-9,11-12,14-15H2,1-3H3,(H2,24,29,30)/t16-,22+/m0/s1. The van der Waals surface area contributed by atoms with Gasteiger partial charge in [0.2, 0.25) is 10.0 Å². The summed E-state index contributed by atoms with van der Waals surface area (Å²) in [7, 11) is -3.55. The van der Waals surface area contributed by atoms with Gasteiger partial charge in [-0.2, -0.15) is 0 Å². The quantitative estimate of drug-likeness (QED) is 0.680. The molecule has 32 heavy (non-hydrogen) atoms. The predicted molar refractivity (Wildman–Crippen MR) is 124 cm³/mol. The number of nitrogens with two attached hydrogens (primary N) is 1. The monoisotopic (exact) mass is 481 g/mol. The van der Waals surface area contributed by atoms with E-state index in [2.05, 4.69) is 34.3 Å². The second-order valence-corrected chi connectivity index (χ2v) is 12.1. The number of rotatable bonds is 6.